The average molecular weight is 375 g/mol. The Bertz CT molecular complexity index is 811. The molecule has 2 amide bonds. The minimum absolute atomic E-state index is 0.0219. The number of phenolic OH excluding ortho intramolecular Hbond substituents is 1. The largest absolute Gasteiger partial charge is 0.506 e. The zero-order valence-corrected chi connectivity index (χ0v) is 14.8. The molecule has 2 aromatic carbocycles. The second kappa shape index (κ2) is 8.21. The Hall–Kier alpha value is -2.57. The van der Waals surface area contributed by atoms with Crippen LogP contribution in [0.1, 0.15) is 23.2 Å². The molecule has 7 heteroatoms. The summed E-state index contributed by atoms with van der Waals surface area (Å²) in [5.41, 5.74) is 3.89. The van der Waals surface area contributed by atoms with Crippen LogP contribution < -0.4 is 5.48 Å². The van der Waals surface area contributed by atoms with Crippen molar-refractivity contribution in [1.29, 1.82) is 0 Å². The molecule has 3 rings (SSSR count). The van der Waals surface area contributed by atoms with Gasteiger partial charge < -0.3 is 10.0 Å². The number of phenols is 1. The first kappa shape index (κ1) is 18.2. The molecule has 0 spiro atoms. The average Bonchev–Trinajstić information content (AvgIpc) is 3.06. The van der Waals surface area contributed by atoms with Crippen LogP contribution in [-0.4, -0.2) is 41.5 Å². The molecule has 1 fully saturated rings. The quantitative estimate of drug-likeness (QED) is 0.601. The van der Waals surface area contributed by atoms with Gasteiger partial charge in [0.15, 0.2) is 0 Å². The lowest BCUT2D eigenvalue weighted by Gasteiger charge is -2.15. The molecule has 6 nitrogen and oxygen atoms in total. The van der Waals surface area contributed by atoms with Gasteiger partial charge in [-0.05, 0) is 29.7 Å². The van der Waals surface area contributed by atoms with Crippen molar-refractivity contribution < 1.29 is 19.5 Å². The van der Waals surface area contributed by atoms with Gasteiger partial charge in [0.2, 0.25) is 5.91 Å². The van der Waals surface area contributed by atoms with Crippen LogP contribution in [0.25, 0.3) is 11.1 Å². The standard InChI is InChI=1S/C19H19ClN2O4/c20-16-12-14(13-5-2-1-3-6-13)11-15(18(16)24)19(25)21-26-10-9-22-8-4-7-17(22)23/h1-3,5-6,11-12,24H,4,7-10H2,(H,21,25). The highest BCUT2D eigenvalue weighted by Gasteiger charge is 2.20. The number of hydroxylamine groups is 1. The molecule has 0 bridgehead atoms. The van der Waals surface area contributed by atoms with E-state index in [1.807, 2.05) is 30.3 Å². The van der Waals surface area contributed by atoms with Crippen LogP contribution in [0, 0.1) is 0 Å². The number of hydrogen-bond acceptors (Lipinski definition) is 4. The molecule has 2 aromatic rings. The maximum atomic E-state index is 12.3. The molecule has 0 saturated carbocycles. The molecular weight excluding hydrogens is 356 g/mol. The van der Waals surface area contributed by atoms with Crippen LogP contribution in [0.2, 0.25) is 5.02 Å². The number of likely N-dealkylation sites (tertiary alicyclic amines) is 1. The summed E-state index contributed by atoms with van der Waals surface area (Å²) >= 11 is 6.06. The van der Waals surface area contributed by atoms with Gasteiger partial charge in [-0.3, -0.25) is 14.4 Å². The summed E-state index contributed by atoms with van der Waals surface area (Å²) in [6.07, 6.45) is 1.41. The number of nitrogens with zero attached hydrogens (tertiary/aromatic N) is 1. The van der Waals surface area contributed by atoms with Crippen LogP contribution >= 0.6 is 11.6 Å². The van der Waals surface area contributed by atoms with Gasteiger partial charge in [-0.1, -0.05) is 41.9 Å². The van der Waals surface area contributed by atoms with Gasteiger partial charge >= 0.3 is 0 Å². The molecule has 1 saturated heterocycles. The molecule has 0 radical (unpaired) electrons. The molecule has 0 atom stereocenters. The van der Waals surface area contributed by atoms with Crippen molar-refractivity contribution in [3.63, 3.8) is 0 Å². The Morgan fingerprint density at radius 3 is 2.69 bits per heavy atom. The Morgan fingerprint density at radius 1 is 1.23 bits per heavy atom. The molecule has 1 aliphatic heterocycles. The SMILES string of the molecule is O=C(NOCCN1CCCC1=O)c1cc(-c2ccccc2)cc(Cl)c1O. The fourth-order valence-corrected chi connectivity index (χ4v) is 3.06. The van der Waals surface area contributed by atoms with Gasteiger partial charge in [0, 0.05) is 19.5 Å². The molecule has 1 aliphatic rings. The zero-order valence-electron chi connectivity index (χ0n) is 14.1. The smallest absolute Gasteiger partial charge is 0.278 e. The van der Waals surface area contributed by atoms with Crippen molar-refractivity contribution in [2.75, 3.05) is 19.7 Å². The Labute approximate surface area is 156 Å². The zero-order chi connectivity index (χ0) is 18.5. The minimum Gasteiger partial charge on any atom is -0.506 e. The van der Waals surface area contributed by atoms with Gasteiger partial charge in [0.25, 0.3) is 5.91 Å². The van der Waals surface area contributed by atoms with Crippen LogP contribution in [0.15, 0.2) is 42.5 Å². The second-order valence-corrected chi connectivity index (χ2v) is 6.39. The van der Waals surface area contributed by atoms with Crippen LogP contribution in [0.3, 0.4) is 0 Å². The summed E-state index contributed by atoms with van der Waals surface area (Å²) in [5, 5.41) is 10.2. The van der Waals surface area contributed by atoms with Crippen LogP contribution in [-0.2, 0) is 9.63 Å². The van der Waals surface area contributed by atoms with E-state index in [0.29, 0.717) is 25.1 Å². The number of carbonyl (C=O) groups excluding carboxylic acids is 2. The molecule has 0 aromatic heterocycles. The third-order valence-electron chi connectivity index (χ3n) is 4.21. The summed E-state index contributed by atoms with van der Waals surface area (Å²) in [6, 6.07) is 12.6. The highest BCUT2D eigenvalue weighted by Crippen LogP contribution is 2.33. The molecule has 0 aliphatic carbocycles. The summed E-state index contributed by atoms with van der Waals surface area (Å²) in [5.74, 6) is -0.808. The van der Waals surface area contributed by atoms with E-state index in [-0.39, 0.29) is 28.8 Å². The van der Waals surface area contributed by atoms with Crippen molar-refractivity contribution in [2.24, 2.45) is 0 Å². The van der Waals surface area contributed by atoms with E-state index in [4.69, 9.17) is 16.4 Å². The van der Waals surface area contributed by atoms with Crippen molar-refractivity contribution in [1.82, 2.24) is 10.4 Å². The van der Waals surface area contributed by atoms with Gasteiger partial charge in [0.05, 0.1) is 17.2 Å². The Kier molecular flexibility index (Phi) is 5.75. The van der Waals surface area contributed by atoms with E-state index >= 15 is 0 Å². The maximum absolute atomic E-state index is 12.3. The normalized spacial score (nSPS) is 13.9. The van der Waals surface area contributed by atoms with E-state index in [1.165, 1.54) is 0 Å². The van der Waals surface area contributed by atoms with Crippen molar-refractivity contribution in [3.8, 4) is 16.9 Å². The fraction of sp³-hybridized carbons (Fsp3) is 0.263. The topological polar surface area (TPSA) is 78.9 Å². The number of nitrogens with one attached hydrogen (secondary N) is 1. The third kappa shape index (κ3) is 4.15. The predicted molar refractivity (Wildman–Crippen MR) is 97.8 cm³/mol. The van der Waals surface area contributed by atoms with Crippen LogP contribution in [0.5, 0.6) is 5.75 Å². The molecule has 136 valence electrons. The van der Waals surface area contributed by atoms with Crippen molar-refractivity contribution in [3.05, 3.63) is 53.1 Å². The number of carbonyl (C=O) groups is 2. The van der Waals surface area contributed by atoms with Crippen LogP contribution in [0.4, 0.5) is 0 Å². The predicted octanol–water partition coefficient (Wildman–Crippen LogP) is 3.00. The van der Waals surface area contributed by atoms with Crippen molar-refractivity contribution in [2.45, 2.75) is 12.8 Å². The van der Waals surface area contributed by atoms with Crippen molar-refractivity contribution >= 4 is 23.4 Å². The van der Waals surface area contributed by atoms with Gasteiger partial charge in [-0.25, -0.2) is 5.48 Å². The fourth-order valence-electron chi connectivity index (χ4n) is 2.84. The number of rotatable bonds is 6. The maximum Gasteiger partial charge on any atom is 0.278 e. The highest BCUT2D eigenvalue weighted by atomic mass is 35.5. The number of amides is 2. The Morgan fingerprint density at radius 2 is 2.00 bits per heavy atom. The highest BCUT2D eigenvalue weighted by molar-refractivity contribution is 6.33. The third-order valence-corrected chi connectivity index (χ3v) is 4.50. The summed E-state index contributed by atoms with van der Waals surface area (Å²) in [7, 11) is 0. The molecule has 26 heavy (non-hydrogen) atoms. The first-order chi connectivity index (χ1) is 12.6. The lowest BCUT2D eigenvalue weighted by atomic mass is 10.0. The van der Waals surface area contributed by atoms with E-state index in [1.54, 1.807) is 17.0 Å². The van der Waals surface area contributed by atoms with Gasteiger partial charge in [-0.2, -0.15) is 0 Å². The van der Waals surface area contributed by atoms with E-state index in [2.05, 4.69) is 5.48 Å². The lowest BCUT2D eigenvalue weighted by Crippen LogP contribution is -2.32. The summed E-state index contributed by atoms with van der Waals surface area (Å²) < 4.78 is 0. The summed E-state index contributed by atoms with van der Waals surface area (Å²) in [6.45, 7) is 1.30. The monoisotopic (exact) mass is 374 g/mol. The molecule has 1 heterocycles. The number of halogens is 1. The van der Waals surface area contributed by atoms with E-state index in [9.17, 15) is 14.7 Å². The molecule has 0 unspecified atom stereocenters. The lowest BCUT2D eigenvalue weighted by molar-refractivity contribution is -0.128. The summed E-state index contributed by atoms with van der Waals surface area (Å²) in [4.78, 5) is 30.7. The molecule has 2 N–H and O–H groups in total. The second-order valence-electron chi connectivity index (χ2n) is 5.98. The number of aromatic hydroxyl groups is 1. The Balaban J connectivity index is 1.65. The van der Waals surface area contributed by atoms with E-state index < -0.39 is 5.91 Å². The van der Waals surface area contributed by atoms with Gasteiger partial charge in [0.1, 0.15) is 5.75 Å². The van der Waals surface area contributed by atoms with Gasteiger partial charge in [-0.15, -0.1) is 0 Å². The molecular formula is C19H19ClN2O4. The minimum atomic E-state index is -0.602. The number of benzene rings is 2. The first-order valence-corrected chi connectivity index (χ1v) is 8.72. The first-order valence-electron chi connectivity index (χ1n) is 8.34. The van der Waals surface area contributed by atoms with E-state index in [0.717, 1.165) is 12.0 Å². The number of hydrogen-bond donors (Lipinski definition) is 2.